The summed E-state index contributed by atoms with van der Waals surface area (Å²) in [6.45, 7) is 0.905. The third kappa shape index (κ3) is 3.62. The number of amides is 3. The first-order valence-electron chi connectivity index (χ1n) is 10.4. The van der Waals surface area contributed by atoms with E-state index in [-0.39, 0.29) is 35.5 Å². The molecule has 1 aromatic rings. The smallest absolute Gasteiger partial charge is 0.329 e. The van der Waals surface area contributed by atoms with Gasteiger partial charge in [0.1, 0.15) is 17.5 Å². The van der Waals surface area contributed by atoms with E-state index in [1.807, 2.05) is 0 Å². The monoisotopic (exact) mass is 430 g/mol. The van der Waals surface area contributed by atoms with Gasteiger partial charge in [-0.2, -0.15) is 0 Å². The highest BCUT2D eigenvalue weighted by Gasteiger charge is 2.62. The summed E-state index contributed by atoms with van der Waals surface area (Å²) < 4.78 is 15.4. The molecule has 1 N–H and O–H groups in total. The lowest BCUT2D eigenvalue weighted by Gasteiger charge is -2.23. The van der Waals surface area contributed by atoms with Crippen LogP contribution in [0.25, 0.3) is 0 Å². The molecule has 166 valence electrons. The maximum atomic E-state index is 12.8. The van der Waals surface area contributed by atoms with Gasteiger partial charge in [-0.25, -0.2) is 4.79 Å². The molecule has 4 rings (SSSR count). The lowest BCUT2D eigenvalue weighted by Crippen LogP contribution is -2.45. The molecule has 0 unspecified atom stereocenters. The summed E-state index contributed by atoms with van der Waals surface area (Å²) >= 11 is 0. The molecular weight excluding hydrogens is 404 g/mol. The van der Waals surface area contributed by atoms with Crippen molar-refractivity contribution in [1.29, 1.82) is 0 Å². The van der Waals surface area contributed by atoms with Crippen LogP contribution in [0.3, 0.4) is 0 Å². The van der Waals surface area contributed by atoms with E-state index in [2.05, 4.69) is 5.32 Å². The number of likely N-dealkylation sites (tertiary alicyclic amines) is 1. The van der Waals surface area contributed by atoms with E-state index in [1.165, 1.54) is 21.1 Å². The Bertz CT molecular complexity index is 902. The number of hydrogen-bond acceptors (Lipinski definition) is 7. The Labute approximate surface area is 180 Å². The average molecular weight is 430 g/mol. The number of carbonyl (C=O) groups excluding carboxylic acids is 4. The van der Waals surface area contributed by atoms with E-state index < -0.39 is 24.5 Å². The number of esters is 1. The van der Waals surface area contributed by atoms with Crippen LogP contribution in [-0.2, 0) is 23.9 Å². The zero-order valence-corrected chi connectivity index (χ0v) is 17.8. The maximum Gasteiger partial charge on any atom is 0.329 e. The van der Waals surface area contributed by atoms with E-state index >= 15 is 0 Å². The molecule has 5 atom stereocenters. The first-order chi connectivity index (χ1) is 14.8. The highest BCUT2D eigenvalue weighted by atomic mass is 16.5. The van der Waals surface area contributed by atoms with Crippen LogP contribution in [0.5, 0.6) is 11.5 Å². The molecule has 0 aromatic heterocycles. The Hall–Kier alpha value is -3.10. The number of ether oxygens (including phenoxy) is 3. The van der Waals surface area contributed by atoms with Crippen molar-refractivity contribution in [2.75, 3.05) is 26.1 Å². The number of benzene rings is 1. The molecule has 0 spiro atoms. The molecule has 2 bridgehead atoms. The van der Waals surface area contributed by atoms with Crippen LogP contribution in [0.2, 0.25) is 0 Å². The van der Waals surface area contributed by atoms with Crippen LogP contribution in [0, 0.1) is 23.7 Å². The molecule has 1 aromatic carbocycles. The number of nitrogens with one attached hydrogen (secondary N) is 1. The Kier molecular flexibility index (Phi) is 5.60. The predicted molar refractivity (Wildman–Crippen MR) is 108 cm³/mol. The van der Waals surface area contributed by atoms with Crippen molar-refractivity contribution in [3.63, 3.8) is 0 Å². The molecule has 2 aliphatic carbocycles. The number of imide groups is 1. The molecule has 3 amide bonds. The molecule has 9 nitrogen and oxygen atoms in total. The fourth-order valence-corrected chi connectivity index (χ4v) is 5.27. The van der Waals surface area contributed by atoms with Crippen molar-refractivity contribution in [3.05, 3.63) is 18.2 Å². The van der Waals surface area contributed by atoms with Crippen molar-refractivity contribution in [3.8, 4) is 11.5 Å². The number of anilines is 1. The molecular formula is C22H26N2O7. The standard InChI is InChI=1S/C22H26N2O7/c1-11(24-20(26)18-12-4-5-13(8-12)19(18)21(24)27)22(28)31-10-17(25)23-15-9-14(29-2)6-7-16(15)30-3/h6-7,9,11-13,18-19H,4-5,8,10H2,1-3H3,(H,23,25)/t11-,12-,13-,18-,19+/m0/s1. The molecule has 1 saturated heterocycles. The van der Waals surface area contributed by atoms with Crippen LogP contribution < -0.4 is 14.8 Å². The van der Waals surface area contributed by atoms with Gasteiger partial charge in [-0.3, -0.25) is 19.3 Å². The SMILES string of the molecule is COc1ccc(OC)c(NC(=O)COC(=O)[C@H](C)N2C(=O)[C@@H]3[C@H]4CC[C@@H](C4)[C@@H]3C2=O)c1. The number of nitrogens with zero attached hydrogens (tertiary/aromatic N) is 1. The van der Waals surface area contributed by atoms with Gasteiger partial charge in [0.2, 0.25) is 11.8 Å². The molecule has 1 heterocycles. The second-order valence-electron chi connectivity index (χ2n) is 8.33. The second-order valence-corrected chi connectivity index (χ2v) is 8.33. The molecule has 3 aliphatic rings. The number of rotatable bonds is 7. The number of hydrogen-bond donors (Lipinski definition) is 1. The van der Waals surface area contributed by atoms with Crippen molar-refractivity contribution < 1.29 is 33.4 Å². The van der Waals surface area contributed by atoms with Gasteiger partial charge in [0.25, 0.3) is 5.91 Å². The summed E-state index contributed by atoms with van der Waals surface area (Å²) in [5.41, 5.74) is 0.365. The zero-order valence-electron chi connectivity index (χ0n) is 17.8. The third-order valence-electron chi connectivity index (χ3n) is 6.72. The van der Waals surface area contributed by atoms with Crippen LogP contribution >= 0.6 is 0 Å². The average Bonchev–Trinajstić information content (AvgIpc) is 3.45. The predicted octanol–water partition coefficient (Wildman–Crippen LogP) is 1.61. The summed E-state index contributed by atoms with van der Waals surface area (Å²) in [6.07, 6.45) is 2.85. The minimum Gasteiger partial charge on any atom is -0.497 e. The summed E-state index contributed by atoms with van der Waals surface area (Å²) in [6, 6.07) is 3.83. The minimum atomic E-state index is -1.07. The fourth-order valence-electron chi connectivity index (χ4n) is 5.27. The number of methoxy groups -OCH3 is 2. The van der Waals surface area contributed by atoms with Crippen molar-refractivity contribution >= 4 is 29.4 Å². The van der Waals surface area contributed by atoms with Crippen LogP contribution in [0.15, 0.2) is 18.2 Å². The molecule has 2 saturated carbocycles. The van der Waals surface area contributed by atoms with Crippen LogP contribution in [-0.4, -0.2) is 55.5 Å². The lowest BCUT2D eigenvalue weighted by molar-refractivity contribution is -0.159. The molecule has 9 heteroatoms. The van der Waals surface area contributed by atoms with E-state index in [4.69, 9.17) is 14.2 Å². The lowest BCUT2D eigenvalue weighted by atomic mass is 9.81. The summed E-state index contributed by atoms with van der Waals surface area (Å²) in [5.74, 6) is -1.12. The van der Waals surface area contributed by atoms with Gasteiger partial charge in [-0.15, -0.1) is 0 Å². The van der Waals surface area contributed by atoms with Crippen molar-refractivity contribution in [2.45, 2.75) is 32.2 Å². The van der Waals surface area contributed by atoms with Gasteiger partial charge in [-0.1, -0.05) is 0 Å². The summed E-state index contributed by atoms with van der Waals surface area (Å²) in [4.78, 5) is 51.5. The minimum absolute atomic E-state index is 0.239. The molecule has 31 heavy (non-hydrogen) atoms. The summed E-state index contributed by atoms with van der Waals surface area (Å²) in [5, 5.41) is 2.60. The Morgan fingerprint density at radius 2 is 1.74 bits per heavy atom. The van der Waals surface area contributed by atoms with Crippen LogP contribution in [0.4, 0.5) is 5.69 Å². The second kappa shape index (κ2) is 8.20. The Balaban J connectivity index is 1.35. The number of carbonyl (C=O) groups is 4. The van der Waals surface area contributed by atoms with E-state index in [0.29, 0.717) is 17.2 Å². The van der Waals surface area contributed by atoms with E-state index in [0.717, 1.165) is 24.2 Å². The Morgan fingerprint density at radius 3 is 2.32 bits per heavy atom. The zero-order chi connectivity index (χ0) is 22.3. The van der Waals surface area contributed by atoms with Gasteiger partial charge in [0.15, 0.2) is 6.61 Å². The first-order valence-corrected chi connectivity index (χ1v) is 10.4. The number of fused-ring (bicyclic) bond motifs is 5. The summed E-state index contributed by atoms with van der Waals surface area (Å²) in [7, 11) is 2.96. The first kappa shape index (κ1) is 21.1. The van der Waals surface area contributed by atoms with Crippen LogP contribution in [0.1, 0.15) is 26.2 Å². The highest BCUT2D eigenvalue weighted by Crippen LogP contribution is 2.56. The normalized spacial score (nSPS) is 27.1. The van der Waals surface area contributed by atoms with Gasteiger partial charge in [0, 0.05) is 6.07 Å². The molecule has 1 aliphatic heterocycles. The van der Waals surface area contributed by atoms with Gasteiger partial charge in [0.05, 0.1) is 31.7 Å². The molecule has 0 radical (unpaired) electrons. The van der Waals surface area contributed by atoms with Gasteiger partial charge in [-0.05, 0) is 50.2 Å². The third-order valence-corrected chi connectivity index (χ3v) is 6.72. The maximum absolute atomic E-state index is 12.8. The van der Waals surface area contributed by atoms with E-state index in [1.54, 1.807) is 18.2 Å². The topological polar surface area (TPSA) is 111 Å². The quantitative estimate of drug-likeness (QED) is 0.517. The van der Waals surface area contributed by atoms with Gasteiger partial charge >= 0.3 is 5.97 Å². The fraction of sp³-hybridized carbons (Fsp3) is 0.545. The molecule has 3 fully saturated rings. The van der Waals surface area contributed by atoms with Crippen molar-refractivity contribution in [1.82, 2.24) is 4.90 Å². The van der Waals surface area contributed by atoms with Crippen molar-refractivity contribution in [2.24, 2.45) is 23.7 Å². The largest absolute Gasteiger partial charge is 0.497 e. The Morgan fingerprint density at radius 1 is 1.10 bits per heavy atom. The highest BCUT2D eigenvalue weighted by molar-refractivity contribution is 6.08. The van der Waals surface area contributed by atoms with Gasteiger partial charge < -0.3 is 19.5 Å². The van der Waals surface area contributed by atoms with E-state index in [9.17, 15) is 19.2 Å².